The molecule has 2 aromatic heterocycles. The predicted octanol–water partition coefficient (Wildman–Crippen LogP) is 3.48. The van der Waals surface area contributed by atoms with Crippen molar-refractivity contribution in [2.24, 2.45) is 5.92 Å². The summed E-state index contributed by atoms with van der Waals surface area (Å²) in [6.07, 6.45) is 4.34. The number of H-pyrrole nitrogens is 1. The molecule has 148 valence electrons. The summed E-state index contributed by atoms with van der Waals surface area (Å²) < 4.78 is 7.11. The largest absolute Gasteiger partial charge is 0.461 e. The molecule has 7 heteroatoms. The molecule has 2 aliphatic rings. The molecule has 0 bridgehead atoms. The van der Waals surface area contributed by atoms with Crippen molar-refractivity contribution in [2.45, 2.75) is 72.4 Å². The number of aliphatic hydroxyl groups excluding tert-OH is 1. The molecule has 2 saturated carbocycles. The summed E-state index contributed by atoms with van der Waals surface area (Å²) in [7, 11) is 0. The van der Waals surface area contributed by atoms with E-state index in [4.69, 9.17) is 4.74 Å². The van der Waals surface area contributed by atoms with Crippen molar-refractivity contribution in [3.63, 3.8) is 0 Å². The number of carbonyl (C=O) groups excluding carboxylic acids is 1. The van der Waals surface area contributed by atoms with Gasteiger partial charge in [0, 0.05) is 17.4 Å². The second kappa shape index (κ2) is 7.84. The number of esters is 1. The Labute approximate surface area is 160 Å². The fraction of sp³-hybridized carbons (Fsp3) is 0.650. The Morgan fingerprint density at radius 2 is 1.89 bits per heavy atom. The van der Waals surface area contributed by atoms with E-state index >= 15 is 0 Å². The molecule has 27 heavy (non-hydrogen) atoms. The number of aromatic amines is 1. The van der Waals surface area contributed by atoms with E-state index in [1.54, 1.807) is 6.92 Å². The molecule has 1 atom stereocenters. The minimum absolute atomic E-state index is 0.308. The van der Waals surface area contributed by atoms with Crippen molar-refractivity contribution in [3.05, 3.63) is 34.4 Å². The lowest BCUT2D eigenvalue weighted by atomic mass is 10.1. The van der Waals surface area contributed by atoms with Gasteiger partial charge in [0.15, 0.2) is 5.69 Å². The maximum Gasteiger partial charge on any atom is 0.358 e. The van der Waals surface area contributed by atoms with Gasteiger partial charge >= 0.3 is 5.97 Å². The molecule has 4 rings (SSSR count). The van der Waals surface area contributed by atoms with Crippen LogP contribution in [0.2, 0.25) is 0 Å². The maximum absolute atomic E-state index is 11.6. The number of nitrogens with one attached hydrogen (secondary N) is 1. The Hall–Kier alpha value is -2.15. The van der Waals surface area contributed by atoms with Gasteiger partial charge in [-0.2, -0.15) is 0 Å². The summed E-state index contributed by atoms with van der Waals surface area (Å²) in [6.45, 7) is 9.95. The lowest BCUT2D eigenvalue weighted by Crippen LogP contribution is -2.07. The van der Waals surface area contributed by atoms with E-state index in [0.717, 1.165) is 41.6 Å². The van der Waals surface area contributed by atoms with Crippen LogP contribution >= 0.6 is 0 Å². The highest BCUT2D eigenvalue weighted by molar-refractivity contribution is 5.88. The van der Waals surface area contributed by atoms with Crippen molar-refractivity contribution in [3.8, 4) is 0 Å². The number of hydrogen-bond acceptors (Lipinski definition) is 5. The van der Waals surface area contributed by atoms with Crippen LogP contribution in [0.3, 0.4) is 0 Å². The highest BCUT2D eigenvalue weighted by atomic mass is 16.5. The maximum atomic E-state index is 11.6. The van der Waals surface area contributed by atoms with Crippen LogP contribution < -0.4 is 0 Å². The number of ether oxygens (including phenoxy) is 1. The summed E-state index contributed by atoms with van der Waals surface area (Å²) in [4.78, 5) is 23.2. The van der Waals surface area contributed by atoms with E-state index in [0.29, 0.717) is 24.3 Å². The SMILES string of the molecule is CCOC(=O)c1nc(C)n(C2CC2)c1C.Cc1nc(C(O)C2CC2)c(C)[nH]1. The first-order chi connectivity index (χ1) is 12.8. The molecule has 0 aromatic carbocycles. The van der Waals surface area contributed by atoms with Gasteiger partial charge in [-0.25, -0.2) is 14.8 Å². The van der Waals surface area contributed by atoms with Crippen LogP contribution in [0.5, 0.6) is 0 Å². The van der Waals surface area contributed by atoms with Crippen LogP contribution in [0, 0.1) is 33.6 Å². The number of carbonyl (C=O) groups is 1. The van der Waals surface area contributed by atoms with Gasteiger partial charge in [0.2, 0.25) is 0 Å². The molecule has 2 N–H and O–H groups in total. The van der Waals surface area contributed by atoms with Gasteiger partial charge in [-0.15, -0.1) is 0 Å². The van der Waals surface area contributed by atoms with Crippen LogP contribution in [0.15, 0.2) is 0 Å². The lowest BCUT2D eigenvalue weighted by molar-refractivity contribution is 0.0519. The van der Waals surface area contributed by atoms with Crippen LogP contribution in [0.4, 0.5) is 0 Å². The van der Waals surface area contributed by atoms with E-state index < -0.39 is 0 Å². The molecule has 0 spiro atoms. The predicted molar refractivity (Wildman–Crippen MR) is 102 cm³/mol. The molecular weight excluding hydrogens is 344 g/mol. The number of imidazole rings is 2. The molecule has 0 radical (unpaired) electrons. The number of nitrogens with zero attached hydrogens (tertiary/aromatic N) is 3. The number of aliphatic hydroxyl groups is 1. The third-order valence-corrected chi connectivity index (χ3v) is 5.10. The summed E-state index contributed by atoms with van der Waals surface area (Å²) in [5, 5.41) is 9.77. The summed E-state index contributed by atoms with van der Waals surface area (Å²) in [6, 6.07) is 0.556. The zero-order valence-electron chi connectivity index (χ0n) is 16.9. The molecular formula is C20H30N4O3. The van der Waals surface area contributed by atoms with Gasteiger partial charge < -0.3 is 19.4 Å². The smallest absolute Gasteiger partial charge is 0.358 e. The topological polar surface area (TPSA) is 93.0 Å². The molecule has 0 saturated heterocycles. The van der Waals surface area contributed by atoms with Crippen LogP contribution in [0.1, 0.15) is 84.0 Å². The van der Waals surface area contributed by atoms with Gasteiger partial charge in [-0.1, -0.05) is 0 Å². The first-order valence-electron chi connectivity index (χ1n) is 9.77. The van der Waals surface area contributed by atoms with E-state index in [2.05, 4.69) is 19.5 Å². The number of rotatable bonds is 5. The zero-order valence-corrected chi connectivity index (χ0v) is 16.9. The molecule has 2 fully saturated rings. The van der Waals surface area contributed by atoms with E-state index in [1.807, 2.05) is 27.7 Å². The Bertz CT molecular complexity index is 816. The first kappa shape index (κ1) is 19.6. The van der Waals surface area contributed by atoms with Crippen molar-refractivity contribution in [1.29, 1.82) is 0 Å². The second-order valence-corrected chi connectivity index (χ2v) is 7.53. The highest BCUT2D eigenvalue weighted by Gasteiger charge is 2.33. The van der Waals surface area contributed by atoms with Gasteiger partial charge in [-0.3, -0.25) is 0 Å². The van der Waals surface area contributed by atoms with Crippen molar-refractivity contribution in [1.82, 2.24) is 19.5 Å². The normalized spacial score (nSPS) is 17.3. The van der Waals surface area contributed by atoms with Gasteiger partial charge in [0.1, 0.15) is 17.8 Å². The fourth-order valence-electron chi connectivity index (χ4n) is 3.47. The van der Waals surface area contributed by atoms with Gasteiger partial charge in [0.25, 0.3) is 0 Å². The Morgan fingerprint density at radius 1 is 1.22 bits per heavy atom. The summed E-state index contributed by atoms with van der Waals surface area (Å²) in [5.41, 5.74) is 3.26. The van der Waals surface area contributed by atoms with E-state index in [1.165, 1.54) is 12.8 Å². The Balaban J connectivity index is 0.000000159. The Morgan fingerprint density at radius 3 is 2.37 bits per heavy atom. The standard InChI is InChI=1S/C11H16N2O2.C9H14N2O/c1-4-15-11(14)10-7(2)13(8(3)12-10)9-5-6-9;1-5-8(11-6(2)10-5)9(12)7-3-4-7/h9H,4-6H2,1-3H3;7,9,12H,3-4H2,1-2H3,(H,10,11). The minimum Gasteiger partial charge on any atom is -0.461 e. The van der Waals surface area contributed by atoms with Crippen molar-refractivity contribution >= 4 is 5.97 Å². The fourth-order valence-corrected chi connectivity index (χ4v) is 3.47. The van der Waals surface area contributed by atoms with Gasteiger partial charge in [0.05, 0.1) is 12.3 Å². The molecule has 7 nitrogen and oxygen atoms in total. The lowest BCUT2D eigenvalue weighted by Gasteiger charge is -2.05. The van der Waals surface area contributed by atoms with E-state index in [-0.39, 0.29) is 12.1 Å². The third-order valence-electron chi connectivity index (χ3n) is 5.10. The van der Waals surface area contributed by atoms with Crippen LogP contribution in [0.25, 0.3) is 0 Å². The van der Waals surface area contributed by atoms with Crippen molar-refractivity contribution in [2.75, 3.05) is 6.61 Å². The van der Waals surface area contributed by atoms with Gasteiger partial charge in [-0.05, 0) is 66.2 Å². The molecule has 2 heterocycles. The van der Waals surface area contributed by atoms with E-state index in [9.17, 15) is 9.90 Å². The van der Waals surface area contributed by atoms with Crippen molar-refractivity contribution < 1.29 is 14.6 Å². The number of hydrogen-bond donors (Lipinski definition) is 2. The molecule has 0 amide bonds. The summed E-state index contributed by atoms with van der Waals surface area (Å²) in [5.74, 6) is 1.96. The molecule has 1 unspecified atom stereocenters. The molecule has 2 aromatic rings. The van der Waals surface area contributed by atoms with Crippen LogP contribution in [-0.2, 0) is 4.74 Å². The quantitative estimate of drug-likeness (QED) is 0.782. The minimum atomic E-state index is -0.338. The third kappa shape index (κ3) is 4.40. The van der Waals surface area contributed by atoms with Crippen LogP contribution in [-0.4, -0.2) is 37.2 Å². The second-order valence-electron chi connectivity index (χ2n) is 7.53. The molecule has 2 aliphatic carbocycles. The first-order valence-corrected chi connectivity index (χ1v) is 9.77. The average Bonchev–Trinajstić information content (AvgIpc) is 3.52. The average molecular weight is 374 g/mol. The zero-order chi connectivity index (χ0) is 19.7. The number of aryl methyl sites for hydroxylation is 3. The molecule has 0 aliphatic heterocycles. The monoisotopic (exact) mass is 374 g/mol. The highest BCUT2D eigenvalue weighted by Crippen LogP contribution is 2.41. The Kier molecular flexibility index (Phi) is 5.69. The number of aromatic nitrogens is 4. The summed E-state index contributed by atoms with van der Waals surface area (Å²) >= 11 is 0.